The van der Waals surface area contributed by atoms with E-state index in [1.54, 1.807) is 0 Å². The minimum atomic E-state index is -1.41. The molecule has 0 heterocycles. The van der Waals surface area contributed by atoms with Crippen LogP contribution in [0.3, 0.4) is 0 Å². The average Bonchev–Trinajstić information content (AvgIpc) is 2.46. The fourth-order valence-electron chi connectivity index (χ4n) is 2.86. The molecule has 1 atom stereocenters. The Balaban J connectivity index is 2.62. The molecule has 2 aromatic rings. The fraction of sp³-hybridized carbons (Fsp3) is 0.263. The number of Topliss-reactive ketones (excluding diaryl/α,β-unsaturated/α-hetero) is 2. The summed E-state index contributed by atoms with van der Waals surface area (Å²) in [6, 6.07) is 13.9. The molecule has 0 aliphatic rings. The summed E-state index contributed by atoms with van der Waals surface area (Å²) in [5.41, 5.74) is 3.69. The second-order valence-corrected chi connectivity index (χ2v) is 8.43. The Kier molecular flexibility index (Phi) is 5.73. The van der Waals surface area contributed by atoms with E-state index in [1.807, 2.05) is 30.3 Å². The van der Waals surface area contributed by atoms with Crippen LogP contribution in [0.2, 0.25) is 0 Å². The van der Waals surface area contributed by atoms with Crippen molar-refractivity contribution in [1.82, 2.24) is 0 Å². The van der Waals surface area contributed by atoms with Gasteiger partial charge in [-0.15, -0.1) is 0 Å². The van der Waals surface area contributed by atoms with Gasteiger partial charge in [0, 0.05) is 12.6 Å². The van der Waals surface area contributed by atoms with Crippen molar-refractivity contribution in [3.05, 3.63) is 53.6 Å². The molecule has 0 amide bonds. The molecule has 0 aliphatic heterocycles. The molecule has 0 fully saturated rings. The van der Waals surface area contributed by atoms with Gasteiger partial charge in [-0.25, -0.2) is 0 Å². The lowest BCUT2D eigenvalue weighted by Crippen LogP contribution is -2.26. The molecule has 0 spiro atoms. The van der Waals surface area contributed by atoms with Crippen molar-refractivity contribution < 1.29 is 9.59 Å². The van der Waals surface area contributed by atoms with Crippen molar-refractivity contribution in [2.45, 2.75) is 33.4 Å². The highest BCUT2D eigenvalue weighted by Crippen LogP contribution is 2.49. The minimum absolute atomic E-state index is 0.171. The fourth-order valence-corrected chi connectivity index (χ4v) is 5.68. The first-order valence-corrected chi connectivity index (χ1v) is 9.77. The second-order valence-electron chi connectivity index (χ2n) is 5.72. The first-order chi connectivity index (χ1) is 10.8. The van der Waals surface area contributed by atoms with Gasteiger partial charge in [-0.2, -0.15) is 0 Å². The van der Waals surface area contributed by atoms with Gasteiger partial charge >= 0.3 is 0 Å². The van der Waals surface area contributed by atoms with Gasteiger partial charge in [0.1, 0.15) is 17.2 Å². The molecular formula is C19H20ClO2P. The van der Waals surface area contributed by atoms with Crippen LogP contribution in [0.4, 0.5) is 0 Å². The van der Waals surface area contributed by atoms with Gasteiger partial charge in [0.25, 0.3) is 0 Å². The Morgan fingerprint density at radius 3 is 1.96 bits per heavy atom. The number of carbonyl (C=O) groups is 2. The Morgan fingerprint density at radius 1 is 0.913 bits per heavy atom. The molecule has 4 heteroatoms. The summed E-state index contributed by atoms with van der Waals surface area (Å²) in [6.45, 7) is 6.99. The molecule has 0 radical (unpaired) electrons. The molecule has 0 saturated heterocycles. The third-order valence-electron chi connectivity index (χ3n) is 3.88. The highest BCUT2D eigenvalue weighted by atomic mass is 35.7. The third-order valence-corrected chi connectivity index (χ3v) is 7.04. The minimum Gasteiger partial charge on any atom is -0.299 e. The lowest BCUT2D eigenvalue weighted by atomic mass is 9.96. The lowest BCUT2D eigenvalue weighted by Gasteiger charge is -2.22. The van der Waals surface area contributed by atoms with Gasteiger partial charge in [-0.1, -0.05) is 53.7 Å². The van der Waals surface area contributed by atoms with Crippen molar-refractivity contribution in [2.24, 2.45) is 0 Å². The van der Waals surface area contributed by atoms with Gasteiger partial charge in [-0.05, 0) is 49.9 Å². The molecule has 0 saturated carbocycles. The topological polar surface area (TPSA) is 34.1 Å². The predicted octanol–water partition coefficient (Wildman–Crippen LogP) is 4.78. The van der Waals surface area contributed by atoms with Crippen molar-refractivity contribution in [2.75, 3.05) is 0 Å². The van der Waals surface area contributed by atoms with Gasteiger partial charge in [0.05, 0.1) is 0 Å². The number of carbonyl (C=O) groups excluding carboxylic acids is 2. The zero-order chi connectivity index (χ0) is 17.1. The number of halogens is 1. The van der Waals surface area contributed by atoms with Crippen LogP contribution in [0.1, 0.15) is 25.0 Å². The third kappa shape index (κ3) is 3.71. The van der Waals surface area contributed by atoms with E-state index >= 15 is 0 Å². The summed E-state index contributed by atoms with van der Waals surface area (Å²) in [5.74, 6) is -0.343. The van der Waals surface area contributed by atoms with Crippen LogP contribution in [0.5, 0.6) is 0 Å². The van der Waals surface area contributed by atoms with Crippen LogP contribution in [0.25, 0.3) is 11.1 Å². The van der Waals surface area contributed by atoms with E-state index in [-0.39, 0.29) is 11.6 Å². The van der Waals surface area contributed by atoms with Crippen LogP contribution < -0.4 is 5.30 Å². The summed E-state index contributed by atoms with van der Waals surface area (Å²) in [7, 11) is -1.41. The van der Waals surface area contributed by atoms with E-state index in [0.717, 1.165) is 27.6 Å². The molecular weight excluding hydrogens is 327 g/mol. The number of ketones is 2. The number of hydrogen-bond donors (Lipinski definition) is 0. The predicted molar refractivity (Wildman–Crippen MR) is 98.9 cm³/mol. The standard InChI is InChI=1S/C19H20ClO2P/c1-12-8-7-9-13(2)18(12)16-10-5-6-11-17(16)23(20)19(14(3)21)15(4)22/h5-11,19H,1-4H3. The molecule has 2 nitrogen and oxygen atoms in total. The van der Waals surface area contributed by atoms with Crippen LogP contribution in [-0.4, -0.2) is 17.2 Å². The smallest absolute Gasteiger partial charge is 0.146 e. The van der Waals surface area contributed by atoms with Gasteiger partial charge in [0.2, 0.25) is 0 Å². The number of benzene rings is 2. The maximum Gasteiger partial charge on any atom is 0.146 e. The van der Waals surface area contributed by atoms with E-state index in [4.69, 9.17) is 11.2 Å². The number of hydrogen-bond acceptors (Lipinski definition) is 2. The molecule has 0 aromatic heterocycles. The number of aryl methyl sites for hydroxylation is 2. The van der Waals surface area contributed by atoms with E-state index in [2.05, 4.69) is 26.0 Å². The summed E-state index contributed by atoms with van der Waals surface area (Å²) >= 11 is 6.65. The Morgan fingerprint density at radius 2 is 1.43 bits per heavy atom. The molecule has 23 heavy (non-hydrogen) atoms. The molecule has 0 aliphatic carbocycles. The summed E-state index contributed by atoms with van der Waals surface area (Å²) in [5, 5.41) is 0.886. The van der Waals surface area contributed by atoms with Gasteiger partial charge < -0.3 is 0 Å². The van der Waals surface area contributed by atoms with Crippen molar-refractivity contribution in [3.63, 3.8) is 0 Å². The zero-order valence-electron chi connectivity index (χ0n) is 13.8. The van der Waals surface area contributed by atoms with E-state index in [9.17, 15) is 9.59 Å². The second kappa shape index (κ2) is 7.38. The highest BCUT2D eigenvalue weighted by molar-refractivity contribution is 7.92. The highest BCUT2D eigenvalue weighted by Gasteiger charge is 2.31. The van der Waals surface area contributed by atoms with Crippen LogP contribution in [0, 0.1) is 13.8 Å². The van der Waals surface area contributed by atoms with Gasteiger partial charge in [-0.3, -0.25) is 9.59 Å². The van der Waals surface area contributed by atoms with Crippen LogP contribution in [-0.2, 0) is 9.59 Å². The van der Waals surface area contributed by atoms with E-state index in [1.165, 1.54) is 13.8 Å². The van der Waals surface area contributed by atoms with Gasteiger partial charge in [0.15, 0.2) is 0 Å². The monoisotopic (exact) mass is 346 g/mol. The van der Waals surface area contributed by atoms with Crippen molar-refractivity contribution in [3.8, 4) is 11.1 Å². The summed E-state index contributed by atoms with van der Waals surface area (Å²) in [4.78, 5) is 23.8. The Bertz CT molecular complexity index is 721. The maximum atomic E-state index is 11.9. The normalized spacial score (nSPS) is 12.3. The Labute approximate surface area is 143 Å². The van der Waals surface area contributed by atoms with Crippen molar-refractivity contribution in [1.29, 1.82) is 0 Å². The lowest BCUT2D eigenvalue weighted by molar-refractivity contribution is -0.124. The molecule has 2 aromatic carbocycles. The maximum absolute atomic E-state index is 11.9. The van der Waals surface area contributed by atoms with E-state index in [0.29, 0.717) is 0 Å². The first kappa shape index (κ1) is 17.8. The number of rotatable bonds is 5. The molecule has 120 valence electrons. The van der Waals surface area contributed by atoms with Crippen LogP contribution in [0.15, 0.2) is 42.5 Å². The molecule has 0 N–H and O–H groups in total. The molecule has 0 bridgehead atoms. The molecule has 1 unspecified atom stereocenters. The first-order valence-electron chi connectivity index (χ1n) is 7.46. The van der Waals surface area contributed by atoms with Crippen LogP contribution >= 0.6 is 18.5 Å². The summed E-state index contributed by atoms with van der Waals surface area (Å²) < 4.78 is 0. The van der Waals surface area contributed by atoms with Crippen molar-refractivity contribution >= 4 is 35.4 Å². The average molecular weight is 347 g/mol. The van der Waals surface area contributed by atoms with E-state index < -0.39 is 12.9 Å². The summed E-state index contributed by atoms with van der Waals surface area (Å²) in [6.07, 6.45) is 0. The quantitative estimate of drug-likeness (QED) is 0.577. The Hall–Kier alpha value is -1.50. The largest absolute Gasteiger partial charge is 0.299 e. The SMILES string of the molecule is CC(=O)C(C(C)=O)P(Cl)c1ccccc1-c1c(C)cccc1C. The zero-order valence-corrected chi connectivity index (χ0v) is 15.4. The molecule has 2 rings (SSSR count).